The van der Waals surface area contributed by atoms with Gasteiger partial charge in [-0.1, -0.05) is 0 Å². The molecule has 1 N–H and O–H groups in total. The van der Waals surface area contributed by atoms with Gasteiger partial charge in [0.25, 0.3) is 0 Å². The van der Waals surface area contributed by atoms with Gasteiger partial charge in [-0.15, -0.1) is 0 Å². The van der Waals surface area contributed by atoms with E-state index < -0.39 is 5.97 Å². The number of rotatable bonds is 4. The van der Waals surface area contributed by atoms with Gasteiger partial charge in [-0.3, -0.25) is 9.78 Å². The van der Waals surface area contributed by atoms with Crippen LogP contribution in [0, 0.1) is 0 Å². The van der Waals surface area contributed by atoms with Crippen molar-refractivity contribution < 1.29 is 9.90 Å². The van der Waals surface area contributed by atoms with Crippen LogP contribution in [-0.2, 0) is 4.79 Å². The van der Waals surface area contributed by atoms with Crippen LogP contribution in [0.15, 0.2) is 24.5 Å². The van der Waals surface area contributed by atoms with Gasteiger partial charge in [0.2, 0.25) is 0 Å². The molecular weight excluding hydrogens is 212 g/mol. The van der Waals surface area contributed by atoms with E-state index in [0.29, 0.717) is 6.04 Å². The van der Waals surface area contributed by atoms with Crippen molar-refractivity contribution in [2.75, 3.05) is 23.0 Å². The van der Waals surface area contributed by atoms with E-state index in [0.717, 1.165) is 17.2 Å². The third-order valence-corrected chi connectivity index (χ3v) is 3.59. The van der Waals surface area contributed by atoms with E-state index in [-0.39, 0.29) is 6.54 Å². The molecule has 4 nitrogen and oxygen atoms in total. The van der Waals surface area contributed by atoms with E-state index in [1.54, 1.807) is 12.4 Å². The van der Waals surface area contributed by atoms with Gasteiger partial charge in [-0.2, -0.15) is 11.8 Å². The number of nitrogens with zero attached hydrogens (tertiary/aromatic N) is 2. The third kappa shape index (κ3) is 2.41. The average Bonchev–Trinajstić information content (AvgIpc) is 2.15. The van der Waals surface area contributed by atoms with Gasteiger partial charge in [0.1, 0.15) is 6.54 Å². The van der Waals surface area contributed by atoms with Gasteiger partial charge in [0, 0.05) is 23.7 Å². The highest BCUT2D eigenvalue weighted by Gasteiger charge is 2.27. The molecule has 15 heavy (non-hydrogen) atoms. The van der Waals surface area contributed by atoms with Crippen LogP contribution >= 0.6 is 11.8 Å². The summed E-state index contributed by atoms with van der Waals surface area (Å²) in [6, 6.07) is 4.07. The molecule has 0 amide bonds. The quantitative estimate of drug-likeness (QED) is 0.829. The predicted octanol–water partition coefficient (Wildman–Crippen LogP) is 1.09. The second-order valence-corrected chi connectivity index (χ2v) is 4.50. The average molecular weight is 224 g/mol. The number of aromatic nitrogens is 1. The lowest BCUT2D eigenvalue weighted by molar-refractivity contribution is -0.135. The Morgan fingerprint density at radius 3 is 2.93 bits per heavy atom. The molecule has 2 rings (SSSR count). The standard InChI is InChI=1S/C10H12N2O2S/c13-10(14)5-12(9-6-15-7-9)8-2-1-3-11-4-8/h1-4,9H,5-7H2,(H,13,14). The van der Waals surface area contributed by atoms with Gasteiger partial charge in [0.15, 0.2) is 0 Å². The van der Waals surface area contributed by atoms with Gasteiger partial charge in [-0.05, 0) is 12.1 Å². The van der Waals surface area contributed by atoms with Crippen LogP contribution in [-0.4, -0.2) is 40.2 Å². The van der Waals surface area contributed by atoms with Crippen molar-refractivity contribution in [3.05, 3.63) is 24.5 Å². The zero-order valence-corrected chi connectivity index (χ0v) is 8.98. The highest BCUT2D eigenvalue weighted by atomic mass is 32.2. The molecule has 0 atom stereocenters. The minimum atomic E-state index is -0.796. The molecule has 1 aliphatic heterocycles. The number of carboxylic acid groups (broad SMARTS) is 1. The summed E-state index contributed by atoms with van der Waals surface area (Å²) in [5.41, 5.74) is 0.894. The van der Waals surface area contributed by atoms with Crippen molar-refractivity contribution in [1.29, 1.82) is 0 Å². The fourth-order valence-electron chi connectivity index (χ4n) is 1.50. The number of carboxylic acids is 1. The summed E-state index contributed by atoms with van der Waals surface area (Å²) < 4.78 is 0. The summed E-state index contributed by atoms with van der Waals surface area (Å²) in [5.74, 6) is 1.21. The molecule has 1 fully saturated rings. The van der Waals surface area contributed by atoms with Crippen molar-refractivity contribution in [3.8, 4) is 0 Å². The Labute approximate surface area is 92.3 Å². The van der Waals surface area contributed by atoms with E-state index in [1.807, 2.05) is 28.8 Å². The van der Waals surface area contributed by atoms with Crippen molar-refractivity contribution >= 4 is 23.4 Å². The molecule has 0 aromatic carbocycles. The van der Waals surface area contributed by atoms with E-state index in [4.69, 9.17) is 5.11 Å². The largest absolute Gasteiger partial charge is 0.480 e. The molecular formula is C10H12N2O2S. The van der Waals surface area contributed by atoms with Gasteiger partial charge < -0.3 is 10.0 Å². The van der Waals surface area contributed by atoms with Crippen LogP contribution in [0.2, 0.25) is 0 Å². The first-order valence-corrected chi connectivity index (χ1v) is 5.89. The fraction of sp³-hybridized carbons (Fsp3) is 0.400. The molecule has 1 aromatic rings. The lowest BCUT2D eigenvalue weighted by atomic mass is 10.2. The van der Waals surface area contributed by atoms with Crippen LogP contribution in [0.3, 0.4) is 0 Å². The molecule has 0 aliphatic carbocycles. The first-order chi connectivity index (χ1) is 7.27. The minimum Gasteiger partial charge on any atom is -0.480 e. The van der Waals surface area contributed by atoms with Crippen molar-refractivity contribution in [1.82, 2.24) is 4.98 Å². The summed E-state index contributed by atoms with van der Waals surface area (Å²) in [6.45, 7) is 0.0525. The Kier molecular flexibility index (Phi) is 3.11. The Morgan fingerprint density at radius 1 is 1.67 bits per heavy atom. The number of hydrogen-bond donors (Lipinski definition) is 1. The Bertz CT molecular complexity index is 341. The maximum atomic E-state index is 10.8. The molecule has 1 saturated heterocycles. The molecule has 0 unspecified atom stereocenters. The maximum absolute atomic E-state index is 10.8. The first-order valence-electron chi connectivity index (χ1n) is 4.73. The monoisotopic (exact) mass is 224 g/mol. The number of thioether (sulfide) groups is 1. The second-order valence-electron chi connectivity index (χ2n) is 3.42. The molecule has 5 heteroatoms. The zero-order chi connectivity index (χ0) is 10.7. The number of anilines is 1. The van der Waals surface area contributed by atoms with Gasteiger partial charge >= 0.3 is 5.97 Å². The van der Waals surface area contributed by atoms with E-state index in [1.165, 1.54) is 0 Å². The van der Waals surface area contributed by atoms with E-state index in [2.05, 4.69) is 4.98 Å². The van der Waals surface area contributed by atoms with Crippen LogP contribution in [0.1, 0.15) is 0 Å². The molecule has 1 aromatic heterocycles. The van der Waals surface area contributed by atoms with Crippen LogP contribution in [0.4, 0.5) is 5.69 Å². The molecule has 0 spiro atoms. The summed E-state index contributed by atoms with van der Waals surface area (Å²) in [6.07, 6.45) is 3.41. The Balaban J connectivity index is 2.14. The van der Waals surface area contributed by atoms with Crippen LogP contribution in [0.25, 0.3) is 0 Å². The SMILES string of the molecule is O=C(O)CN(c1cccnc1)C1CSC1. The summed E-state index contributed by atoms with van der Waals surface area (Å²) in [5, 5.41) is 8.84. The number of pyridine rings is 1. The lowest BCUT2D eigenvalue weighted by Crippen LogP contribution is -2.47. The van der Waals surface area contributed by atoms with Crippen molar-refractivity contribution in [2.24, 2.45) is 0 Å². The molecule has 1 aliphatic rings. The molecule has 0 saturated carbocycles. The number of carbonyl (C=O) groups is 1. The topological polar surface area (TPSA) is 53.4 Å². The van der Waals surface area contributed by atoms with Crippen LogP contribution in [0.5, 0.6) is 0 Å². The van der Waals surface area contributed by atoms with Gasteiger partial charge in [-0.25, -0.2) is 0 Å². The van der Waals surface area contributed by atoms with E-state index in [9.17, 15) is 4.79 Å². The number of hydrogen-bond acceptors (Lipinski definition) is 4. The molecule has 80 valence electrons. The highest BCUT2D eigenvalue weighted by Crippen LogP contribution is 2.27. The van der Waals surface area contributed by atoms with Crippen molar-refractivity contribution in [3.63, 3.8) is 0 Å². The lowest BCUT2D eigenvalue weighted by Gasteiger charge is -2.37. The molecule has 0 bridgehead atoms. The zero-order valence-electron chi connectivity index (χ0n) is 8.17. The van der Waals surface area contributed by atoms with Gasteiger partial charge in [0.05, 0.1) is 11.9 Å². The Morgan fingerprint density at radius 2 is 2.47 bits per heavy atom. The fourth-order valence-corrected chi connectivity index (χ4v) is 2.31. The Hall–Kier alpha value is -1.23. The smallest absolute Gasteiger partial charge is 0.323 e. The number of aliphatic carboxylic acids is 1. The minimum absolute atomic E-state index is 0.0525. The van der Waals surface area contributed by atoms with Crippen molar-refractivity contribution in [2.45, 2.75) is 6.04 Å². The maximum Gasteiger partial charge on any atom is 0.323 e. The van der Waals surface area contributed by atoms with E-state index >= 15 is 0 Å². The van der Waals surface area contributed by atoms with Crippen LogP contribution < -0.4 is 4.90 Å². The predicted molar refractivity (Wildman–Crippen MR) is 60.3 cm³/mol. The first kappa shape index (κ1) is 10.3. The summed E-state index contributed by atoms with van der Waals surface area (Å²) in [7, 11) is 0. The second kappa shape index (κ2) is 4.53. The summed E-state index contributed by atoms with van der Waals surface area (Å²) in [4.78, 5) is 16.7. The third-order valence-electron chi connectivity index (χ3n) is 2.34. The normalized spacial score (nSPS) is 15.7. The molecule has 0 radical (unpaired) electrons. The molecule has 2 heterocycles. The summed E-state index contributed by atoms with van der Waals surface area (Å²) >= 11 is 1.84. The highest BCUT2D eigenvalue weighted by molar-refractivity contribution is 8.00.